The molecule has 142 valence electrons. The summed E-state index contributed by atoms with van der Waals surface area (Å²) in [4.78, 5) is 26.2. The smallest absolute Gasteiger partial charge is 0.227 e. The molecule has 27 heavy (non-hydrogen) atoms. The first-order valence-electron chi connectivity index (χ1n) is 9.32. The number of rotatable bonds is 7. The summed E-state index contributed by atoms with van der Waals surface area (Å²) in [5.41, 5.74) is 3.21. The molecule has 1 unspecified atom stereocenters. The molecular weight excluding hydrogens is 340 g/mol. The van der Waals surface area contributed by atoms with E-state index in [1.54, 1.807) is 7.11 Å². The van der Waals surface area contributed by atoms with E-state index in [0.29, 0.717) is 32.4 Å². The third-order valence-electron chi connectivity index (χ3n) is 4.94. The van der Waals surface area contributed by atoms with Gasteiger partial charge in [-0.1, -0.05) is 29.8 Å². The Morgan fingerprint density at radius 3 is 2.52 bits per heavy atom. The fraction of sp³-hybridized carbons (Fsp3) is 0.364. The number of methoxy groups -OCH3 is 1. The predicted octanol–water partition coefficient (Wildman–Crippen LogP) is 3.11. The van der Waals surface area contributed by atoms with Crippen LogP contribution in [0.4, 0.5) is 5.69 Å². The molecule has 5 nitrogen and oxygen atoms in total. The van der Waals surface area contributed by atoms with Gasteiger partial charge in [-0.25, -0.2) is 0 Å². The van der Waals surface area contributed by atoms with E-state index in [1.165, 1.54) is 5.56 Å². The number of carbonyl (C=O) groups is 2. The van der Waals surface area contributed by atoms with Crippen LogP contribution in [0.15, 0.2) is 48.5 Å². The molecule has 0 bridgehead atoms. The van der Waals surface area contributed by atoms with Gasteiger partial charge in [0.2, 0.25) is 11.8 Å². The van der Waals surface area contributed by atoms with Crippen molar-refractivity contribution < 1.29 is 14.3 Å². The fourth-order valence-corrected chi connectivity index (χ4v) is 3.29. The largest absolute Gasteiger partial charge is 0.497 e. The number of benzene rings is 2. The Morgan fingerprint density at radius 2 is 1.85 bits per heavy atom. The number of amides is 2. The first-order chi connectivity index (χ1) is 13.0. The third-order valence-corrected chi connectivity index (χ3v) is 4.94. The second kappa shape index (κ2) is 8.71. The Hall–Kier alpha value is -2.82. The van der Waals surface area contributed by atoms with Gasteiger partial charge >= 0.3 is 0 Å². The first-order valence-corrected chi connectivity index (χ1v) is 9.32. The maximum Gasteiger partial charge on any atom is 0.227 e. The monoisotopic (exact) mass is 366 g/mol. The Morgan fingerprint density at radius 1 is 1.15 bits per heavy atom. The van der Waals surface area contributed by atoms with E-state index in [0.717, 1.165) is 17.0 Å². The lowest BCUT2D eigenvalue weighted by Gasteiger charge is -2.17. The molecule has 0 aliphatic carbocycles. The molecule has 1 aliphatic rings. The zero-order chi connectivity index (χ0) is 19.2. The molecule has 1 saturated heterocycles. The fourth-order valence-electron chi connectivity index (χ4n) is 3.29. The van der Waals surface area contributed by atoms with Crippen LogP contribution in [0.2, 0.25) is 0 Å². The van der Waals surface area contributed by atoms with Crippen LogP contribution in [0.25, 0.3) is 0 Å². The molecule has 2 aromatic rings. The number of aryl methyl sites for hydroxylation is 2. The molecule has 0 radical (unpaired) electrons. The first kappa shape index (κ1) is 19.0. The summed E-state index contributed by atoms with van der Waals surface area (Å²) in [6.07, 6.45) is 1.61. The van der Waals surface area contributed by atoms with Gasteiger partial charge in [0, 0.05) is 37.5 Å². The number of hydrogen-bond acceptors (Lipinski definition) is 3. The highest BCUT2D eigenvalue weighted by molar-refractivity contribution is 5.95. The van der Waals surface area contributed by atoms with Crippen LogP contribution in [0.3, 0.4) is 0 Å². The van der Waals surface area contributed by atoms with Crippen LogP contribution in [0.5, 0.6) is 5.75 Å². The van der Waals surface area contributed by atoms with Crippen molar-refractivity contribution in [3.05, 3.63) is 59.7 Å². The molecule has 2 amide bonds. The predicted molar refractivity (Wildman–Crippen MR) is 106 cm³/mol. The molecule has 0 saturated carbocycles. The summed E-state index contributed by atoms with van der Waals surface area (Å²) in [5, 5.41) is 2.98. The third kappa shape index (κ3) is 5.09. The highest BCUT2D eigenvalue weighted by Gasteiger charge is 2.30. The summed E-state index contributed by atoms with van der Waals surface area (Å²) in [7, 11) is 1.64. The second-order valence-corrected chi connectivity index (χ2v) is 7.06. The number of anilines is 1. The Kier molecular flexibility index (Phi) is 6.12. The van der Waals surface area contributed by atoms with Gasteiger partial charge in [-0.2, -0.15) is 0 Å². The van der Waals surface area contributed by atoms with Gasteiger partial charge < -0.3 is 15.0 Å². The lowest BCUT2D eigenvalue weighted by atomic mass is 10.1. The molecule has 1 aliphatic heterocycles. The number of nitrogens with zero attached hydrogens (tertiary/aromatic N) is 1. The zero-order valence-corrected chi connectivity index (χ0v) is 15.9. The van der Waals surface area contributed by atoms with Crippen LogP contribution in [-0.4, -0.2) is 32.0 Å². The van der Waals surface area contributed by atoms with Crippen LogP contribution < -0.4 is 15.0 Å². The number of nitrogens with one attached hydrogen (secondary N) is 1. The molecule has 2 aromatic carbocycles. The van der Waals surface area contributed by atoms with E-state index in [4.69, 9.17) is 4.74 Å². The van der Waals surface area contributed by atoms with Crippen molar-refractivity contribution in [2.45, 2.75) is 26.2 Å². The van der Waals surface area contributed by atoms with Crippen molar-refractivity contribution in [1.29, 1.82) is 0 Å². The molecule has 1 N–H and O–H groups in total. The highest BCUT2D eigenvalue weighted by atomic mass is 16.5. The summed E-state index contributed by atoms with van der Waals surface area (Å²) in [6, 6.07) is 15.7. The summed E-state index contributed by atoms with van der Waals surface area (Å²) < 4.78 is 5.13. The average molecular weight is 366 g/mol. The summed E-state index contributed by atoms with van der Waals surface area (Å²) in [6.45, 7) is 3.22. The van der Waals surface area contributed by atoms with Crippen molar-refractivity contribution in [3.63, 3.8) is 0 Å². The van der Waals surface area contributed by atoms with Gasteiger partial charge in [0.05, 0.1) is 7.11 Å². The Bertz CT molecular complexity index is 784. The topological polar surface area (TPSA) is 58.6 Å². The van der Waals surface area contributed by atoms with Gasteiger partial charge in [0.15, 0.2) is 0 Å². The van der Waals surface area contributed by atoms with E-state index in [9.17, 15) is 9.59 Å². The van der Waals surface area contributed by atoms with Gasteiger partial charge in [0.25, 0.3) is 0 Å². The number of ether oxygens (including phenoxy) is 1. The molecule has 0 spiro atoms. The second-order valence-electron chi connectivity index (χ2n) is 7.06. The molecule has 1 heterocycles. The van der Waals surface area contributed by atoms with Crippen molar-refractivity contribution >= 4 is 17.5 Å². The minimum Gasteiger partial charge on any atom is -0.497 e. The zero-order valence-electron chi connectivity index (χ0n) is 15.9. The molecular formula is C22H26N2O3. The van der Waals surface area contributed by atoms with Crippen LogP contribution in [0, 0.1) is 12.8 Å². The standard InChI is InChI=1S/C22H26N2O3/c1-16-3-8-19(9-4-16)24-15-18(13-22(24)26)14-23-21(25)12-7-17-5-10-20(27-2)11-6-17/h3-6,8-11,18H,7,12-15H2,1-2H3,(H,23,25). The minimum atomic E-state index is 0.0204. The van der Waals surface area contributed by atoms with Crippen molar-refractivity contribution in [3.8, 4) is 5.75 Å². The van der Waals surface area contributed by atoms with Crippen LogP contribution in [0.1, 0.15) is 24.0 Å². The van der Waals surface area contributed by atoms with E-state index in [1.807, 2.05) is 60.4 Å². The Balaban J connectivity index is 1.43. The van der Waals surface area contributed by atoms with Crippen molar-refractivity contribution in [2.75, 3.05) is 25.1 Å². The molecule has 1 atom stereocenters. The average Bonchev–Trinajstić information content (AvgIpc) is 3.06. The minimum absolute atomic E-state index is 0.0204. The van der Waals surface area contributed by atoms with E-state index < -0.39 is 0 Å². The normalized spacial score (nSPS) is 16.4. The highest BCUT2D eigenvalue weighted by Crippen LogP contribution is 2.25. The SMILES string of the molecule is COc1ccc(CCC(=O)NCC2CC(=O)N(c3ccc(C)cc3)C2)cc1. The molecule has 1 fully saturated rings. The van der Waals surface area contributed by atoms with Crippen molar-refractivity contribution in [1.82, 2.24) is 5.32 Å². The van der Waals surface area contributed by atoms with Gasteiger partial charge in [0.1, 0.15) is 5.75 Å². The van der Waals surface area contributed by atoms with Gasteiger partial charge in [-0.3, -0.25) is 9.59 Å². The van der Waals surface area contributed by atoms with Crippen LogP contribution >= 0.6 is 0 Å². The van der Waals surface area contributed by atoms with Crippen molar-refractivity contribution in [2.24, 2.45) is 5.92 Å². The lowest BCUT2D eigenvalue weighted by Crippen LogP contribution is -2.31. The van der Waals surface area contributed by atoms with E-state index in [-0.39, 0.29) is 17.7 Å². The molecule has 0 aromatic heterocycles. The quantitative estimate of drug-likeness (QED) is 0.819. The molecule has 5 heteroatoms. The number of carbonyl (C=O) groups excluding carboxylic acids is 2. The summed E-state index contributed by atoms with van der Waals surface area (Å²) in [5.74, 6) is 1.11. The maximum absolute atomic E-state index is 12.3. The lowest BCUT2D eigenvalue weighted by molar-refractivity contribution is -0.121. The van der Waals surface area contributed by atoms with E-state index in [2.05, 4.69) is 5.32 Å². The van der Waals surface area contributed by atoms with E-state index >= 15 is 0 Å². The van der Waals surface area contributed by atoms with Gasteiger partial charge in [-0.05, 0) is 43.2 Å². The van der Waals surface area contributed by atoms with Crippen LogP contribution in [-0.2, 0) is 16.0 Å². The maximum atomic E-state index is 12.3. The molecule has 3 rings (SSSR count). The van der Waals surface area contributed by atoms with Gasteiger partial charge in [-0.15, -0.1) is 0 Å². The number of hydrogen-bond donors (Lipinski definition) is 1. The Labute approximate surface area is 160 Å². The summed E-state index contributed by atoms with van der Waals surface area (Å²) >= 11 is 0.